The second-order valence-corrected chi connectivity index (χ2v) is 5.68. The molecule has 0 atom stereocenters. The molecule has 1 saturated carbocycles. The summed E-state index contributed by atoms with van der Waals surface area (Å²) in [6, 6.07) is 0.425. The van der Waals surface area contributed by atoms with Gasteiger partial charge in [0.25, 0.3) is 0 Å². The van der Waals surface area contributed by atoms with Crippen LogP contribution in [0.5, 0.6) is 0 Å². The van der Waals surface area contributed by atoms with Crippen LogP contribution >= 0.6 is 0 Å². The van der Waals surface area contributed by atoms with Gasteiger partial charge in [-0.25, -0.2) is 0 Å². The van der Waals surface area contributed by atoms with Crippen LogP contribution in [0.15, 0.2) is 0 Å². The molecule has 0 bridgehead atoms. The lowest BCUT2D eigenvalue weighted by Gasteiger charge is -2.28. The average molecular weight is 243 g/mol. The SMILES string of the molecule is COC1CCC(NCC(=O)OC(C)(C)C)CC1. The van der Waals surface area contributed by atoms with Gasteiger partial charge in [-0.2, -0.15) is 0 Å². The molecule has 0 amide bonds. The van der Waals surface area contributed by atoms with E-state index in [4.69, 9.17) is 9.47 Å². The fourth-order valence-electron chi connectivity index (χ4n) is 2.11. The minimum absolute atomic E-state index is 0.175. The molecule has 1 aliphatic rings. The topological polar surface area (TPSA) is 47.6 Å². The first-order valence-electron chi connectivity index (χ1n) is 6.39. The number of ether oxygens (including phenoxy) is 2. The molecule has 0 aromatic heterocycles. The summed E-state index contributed by atoms with van der Waals surface area (Å²) in [5, 5.41) is 3.26. The van der Waals surface area contributed by atoms with Gasteiger partial charge in [0.15, 0.2) is 0 Å². The van der Waals surface area contributed by atoms with Gasteiger partial charge in [-0.15, -0.1) is 0 Å². The highest BCUT2D eigenvalue weighted by Crippen LogP contribution is 2.20. The average Bonchev–Trinajstić information content (AvgIpc) is 2.25. The molecule has 0 spiro atoms. The highest BCUT2D eigenvalue weighted by molar-refractivity contribution is 5.72. The van der Waals surface area contributed by atoms with Crippen LogP contribution in [-0.4, -0.2) is 37.4 Å². The quantitative estimate of drug-likeness (QED) is 0.766. The van der Waals surface area contributed by atoms with Crippen molar-refractivity contribution in [1.29, 1.82) is 0 Å². The third kappa shape index (κ3) is 6.03. The zero-order valence-electron chi connectivity index (χ0n) is 11.4. The minimum Gasteiger partial charge on any atom is -0.459 e. The van der Waals surface area contributed by atoms with E-state index < -0.39 is 5.60 Å². The smallest absolute Gasteiger partial charge is 0.320 e. The van der Waals surface area contributed by atoms with Crippen molar-refractivity contribution in [3.63, 3.8) is 0 Å². The van der Waals surface area contributed by atoms with E-state index in [1.807, 2.05) is 20.8 Å². The van der Waals surface area contributed by atoms with Crippen molar-refractivity contribution in [3.8, 4) is 0 Å². The van der Waals surface area contributed by atoms with Gasteiger partial charge in [0.1, 0.15) is 5.60 Å². The molecule has 0 radical (unpaired) electrons. The van der Waals surface area contributed by atoms with E-state index in [-0.39, 0.29) is 5.97 Å². The number of hydrogen-bond donors (Lipinski definition) is 1. The van der Waals surface area contributed by atoms with Crippen molar-refractivity contribution < 1.29 is 14.3 Å². The molecule has 100 valence electrons. The van der Waals surface area contributed by atoms with Gasteiger partial charge >= 0.3 is 5.97 Å². The highest BCUT2D eigenvalue weighted by Gasteiger charge is 2.22. The summed E-state index contributed by atoms with van der Waals surface area (Å²) in [6.45, 7) is 5.96. The molecule has 1 aliphatic carbocycles. The summed E-state index contributed by atoms with van der Waals surface area (Å²) < 4.78 is 10.6. The summed E-state index contributed by atoms with van der Waals surface area (Å²) in [7, 11) is 1.76. The Hall–Kier alpha value is -0.610. The van der Waals surface area contributed by atoms with E-state index in [1.165, 1.54) is 0 Å². The second-order valence-electron chi connectivity index (χ2n) is 5.68. The molecular weight excluding hydrogens is 218 g/mol. The molecule has 4 nitrogen and oxygen atoms in total. The van der Waals surface area contributed by atoms with Crippen molar-refractivity contribution in [3.05, 3.63) is 0 Å². The molecule has 1 N–H and O–H groups in total. The number of methoxy groups -OCH3 is 1. The number of nitrogens with one attached hydrogen (secondary N) is 1. The van der Waals surface area contributed by atoms with Gasteiger partial charge < -0.3 is 14.8 Å². The molecule has 0 saturated heterocycles. The fourth-order valence-corrected chi connectivity index (χ4v) is 2.11. The Labute approximate surface area is 104 Å². The van der Waals surface area contributed by atoms with Crippen LogP contribution in [0.1, 0.15) is 46.5 Å². The number of carbonyl (C=O) groups excluding carboxylic acids is 1. The second kappa shape index (κ2) is 6.36. The molecule has 0 unspecified atom stereocenters. The standard InChI is InChI=1S/C13H25NO3/c1-13(2,3)17-12(15)9-14-10-5-7-11(16-4)8-6-10/h10-11,14H,5-9H2,1-4H3. The van der Waals surface area contributed by atoms with Gasteiger partial charge in [0.2, 0.25) is 0 Å². The fraction of sp³-hybridized carbons (Fsp3) is 0.923. The van der Waals surface area contributed by atoms with E-state index in [1.54, 1.807) is 7.11 Å². The van der Waals surface area contributed by atoms with Gasteiger partial charge in [0, 0.05) is 13.2 Å². The number of carbonyl (C=O) groups is 1. The van der Waals surface area contributed by atoms with Gasteiger partial charge in [-0.3, -0.25) is 4.79 Å². The molecule has 0 aliphatic heterocycles. The first-order valence-corrected chi connectivity index (χ1v) is 6.39. The maximum atomic E-state index is 11.5. The lowest BCUT2D eigenvalue weighted by Crippen LogP contribution is -2.40. The predicted octanol–water partition coefficient (Wildman–Crippen LogP) is 1.88. The van der Waals surface area contributed by atoms with E-state index in [2.05, 4.69) is 5.32 Å². The van der Waals surface area contributed by atoms with Crippen LogP contribution in [0.3, 0.4) is 0 Å². The summed E-state index contributed by atoms with van der Waals surface area (Å²) in [5.74, 6) is -0.175. The lowest BCUT2D eigenvalue weighted by atomic mass is 9.93. The van der Waals surface area contributed by atoms with Crippen molar-refractivity contribution in [2.75, 3.05) is 13.7 Å². The summed E-state index contributed by atoms with van der Waals surface area (Å²) in [5.41, 5.74) is -0.396. The van der Waals surface area contributed by atoms with Crippen molar-refractivity contribution in [1.82, 2.24) is 5.32 Å². The van der Waals surface area contributed by atoms with Gasteiger partial charge in [-0.1, -0.05) is 0 Å². The Morgan fingerprint density at radius 2 is 1.82 bits per heavy atom. The van der Waals surface area contributed by atoms with Crippen LogP contribution in [-0.2, 0) is 14.3 Å². The third-order valence-corrected chi connectivity index (χ3v) is 2.96. The number of hydrogen-bond acceptors (Lipinski definition) is 4. The lowest BCUT2D eigenvalue weighted by molar-refractivity contribution is -0.153. The highest BCUT2D eigenvalue weighted by atomic mass is 16.6. The Morgan fingerprint density at radius 3 is 2.29 bits per heavy atom. The number of rotatable bonds is 4. The summed E-state index contributed by atoms with van der Waals surface area (Å²) in [4.78, 5) is 11.5. The first kappa shape index (κ1) is 14.5. The number of esters is 1. The molecule has 1 rings (SSSR count). The normalized spacial score (nSPS) is 25.6. The molecule has 4 heteroatoms. The molecule has 0 aromatic rings. The van der Waals surface area contributed by atoms with Gasteiger partial charge in [0.05, 0.1) is 12.6 Å². The molecule has 1 fully saturated rings. The molecule has 0 heterocycles. The van der Waals surface area contributed by atoms with E-state index in [0.29, 0.717) is 18.7 Å². The molecular formula is C13H25NO3. The molecule has 0 aromatic carbocycles. The van der Waals surface area contributed by atoms with E-state index in [9.17, 15) is 4.79 Å². The Morgan fingerprint density at radius 1 is 1.24 bits per heavy atom. The molecule has 17 heavy (non-hydrogen) atoms. The Kier molecular flexibility index (Phi) is 5.40. The predicted molar refractivity (Wildman–Crippen MR) is 66.9 cm³/mol. The van der Waals surface area contributed by atoms with Crippen molar-refractivity contribution in [2.45, 2.75) is 64.2 Å². The largest absolute Gasteiger partial charge is 0.459 e. The summed E-state index contributed by atoms with van der Waals surface area (Å²) in [6.07, 6.45) is 4.68. The third-order valence-electron chi connectivity index (χ3n) is 2.96. The van der Waals surface area contributed by atoms with Crippen LogP contribution < -0.4 is 5.32 Å². The first-order chi connectivity index (χ1) is 7.90. The summed E-state index contributed by atoms with van der Waals surface area (Å²) >= 11 is 0. The zero-order chi connectivity index (χ0) is 12.9. The van der Waals surface area contributed by atoms with Crippen molar-refractivity contribution >= 4 is 5.97 Å². The zero-order valence-corrected chi connectivity index (χ0v) is 11.4. The Bertz CT molecular complexity index is 240. The monoisotopic (exact) mass is 243 g/mol. The van der Waals surface area contributed by atoms with Crippen LogP contribution in [0.4, 0.5) is 0 Å². The van der Waals surface area contributed by atoms with E-state index >= 15 is 0 Å². The van der Waals surface area contributed by atoms with E-state index in [0.717, 1.165) is 25.7 Å². The van der Waals surface area contributed by atoms with Crippen LogP contribution in [0.2, 0.25) is 0 Å². The van der Waals surface area contributed by atoms with Crippen molar-refractivity contribution in [2.24, 2.45) is 0 Å². The Balaban J connectivity index is 2.17. The van der Waals surface area contributed by atoms with Gasteiger partial charge in [-0.05, 0) is 46.5 Å². The van der Waals surface area contributed by atoms with Crippen LogP contribution in [0.25, 0.3) is 0 Å². The maximum absolute atomic E-state index is 11.5. The maximum Gasteiger partial charge on any atom is 0.320 e. The minimum atomic E-state index is -0.396. The van der Waals surface area contributed by atoms with Crippen LogP contribution in [0, 0.1) is 0 Å².